The van der Waals surface area contributed by atoms with E-state index in [1.165, 1.54) is 18.3 Å². The molecule has 1 aromatic rings. The Morgan fingerprint density at radius 1 is 1.50 bits per heavy atom. The number of carbonyl (C=O) groups excluding carboxylic acids is 1. The van der Waals surface area contributed by atoms with Crippen LogP contribution in [-0.4, -0.2) is 18.8 Å². The zero-order valence-corrected chi connectivity index (χ0v) is 8.62. The van der Waals surface area contributed by atoms with E-state index in [2.05, 4.69) is 4.74 Å². The van der Waals surface area contributed by atoms with Crippen molar-refractivity contribution in [1.29, 1.82) is 0 Å². The predicted octanol–water partition coefficient (Wildman–Crippen LogP) is 1.71. The maximum atomic E-state index is 12.1. The molecule has 0 saturated carbocycles. The number of hydrogen-bond donors (Lipinski definition) is 0. The fourth-order valence-electron chi connectivity index (χ4n) is 1.16. The molecule has 0 atom stereocenters. The SMILES string of the molecule is CCOC(=O)c1ccc[n+](CC(F)(F)F)c1. The first-order valence-electron chi connectivity index (χ1n) is 4.65. The molecular weight excluding hydrogens is 223 g/mol. The van der Waals surface area contributed by atoms with E-state index in [1.54, 1.807) is 6.92 Å². The van der Waals surface area contributed by atoms with Crippen molar-refractivity contribution in [3.05, 3.63) is 30.1 Å². The third kappa shape index (κ3) is 3.88. The summed E-state index contributed by atoms with van der Waals surface area (Å²) in [6, 6.07) is 2.78. The van der Waals surface area contributed by atoms with Gasteiger partial charge < -0.3 is 4.74 Å². The topological polar surface area (TPSA) is 30.2 Å². The number of nitrogens with zero attached hydrogens (tertiary/aromatic N) is 1. The van der Waals surface area contributed by atoms with Gasteiger partial charge in [-0.25, -0.2) is 4.79 Å². The van der Waals surface area contributed by atoms with Gasteiger partial charge in [-0.05, 0) is 13.0 Å². The van der Waals surface area contributed by atoms with Crippen LogP contribution in [0, 0.1) is 0 Å². The van der Waals surface area contributed by atoms with Crippen molar-refractivity contribution in [1.82, 2.24) is 0 Å². The lowest BCUT2D eigenvalue weighted by molar-refractivity contribution is -0.719. The largest absolute Gasteiger partial charge is 0.462 e. The van der Waals surface area contributed by atoms with Crippen LogP contribution in [0.1, 0.15) is 17.3 Å². The number of ether oxygens (including phenoxy) is 1. The number of alkyl halides is 3. The van der Waals surface area contributed by atoms with Gasteiger partial charge in [0.15, 0.2) is 12.4 Å². The lowest BCUT2D eigenvalue weighted by Crippen LogP contribution is -2.41. The van der Waals surface area contributed by atoms with Gasteiger partial charge in [-0.3, -0.25) is 0 Å². The van der Waals surface area contributed by atoms with Crippen molar-refractivity contribution in [2.24, 2.45) is 0 Å². The van der Waals surface area contributed by atoms with Gasteiger partial charge in [0.05, 0.1) is 6.61 Å². The molecular formula is C10H11F3NO2+. The minimum Gasteiger partial charge on any atom is -0.462 e. The number of pyridine rings is 1. The summed E-state index contributed by atoms with van der Waals surface area (Å²) >= 11 is 0. The molecule has 0 amide bonds. The molecule has 1 rings (SSSR count). The van der Waals surface area contributed by atoms with E-state index in [-0.39, 0.29) is 12.2 Å². The molecule has 0 radical (unpaired) electrons. The van der Waals surface area contributed by atoms with Crippen LogP contribution in [0.2, 0.25) is 0 Å². The van der Waals surface area contributed by atoms with Crippen LogP contribution in [0.4, 0.5) is 13.2 Å². The fraction of sp³-hybridized carbons (Fsp3) is 0.400. The van der Waals surface area contributed by atoms with Crippen LogP contribution >= 0.6 is 0 Å². The summed E-state index contributed by atoms with van der Waals surface area (Å²) < 4.78 is 41.8. The quantitative estimate of drug-likeness (QED) is 0.588. The lowest BCUT2D eigenvalue weighted by atomic mass is 10.3. The number of carbonyl (C=O) groups is 1. The smallest absolute Gasteiger partial charge is 0.448 e. The van der Waals surface area contributed by atoms with Gasteiger partial charge in [0.25, 0.3) is 0 Å². The minimum absolute atomic E-state index is 0.105. The van der Waals surface area contributed by atoms with Crippen molar-refractivity contribution in [3.8, 4) is 0 Å². The van der Waals surface area contributed by atoms with Crippen molar-refractivity contribution < 1.29 is 27.3 Å². The molecule has 0 saturated heterocycles. The van der Waals surface area contributed by atoms with Gasteiger partial charge in [0.2, 0.25) is 6.54 Å². The Morgan fingerprint density at radius 3 is 2.75 bits per heavy atom. The number of aromatic nitrogens is 1. The molecule has 0 aromatic carbocycles. The molecule has 1 aromatic heterocycles. The van der Waals surface area contributed by atoms with Gasteiger partial charge in [-0.15, -0.1) is 0 Å². The van der Waals surface area contributed by atoms with Gasteiger partial charge >= 0.3 is 12.1 Å². The number of rotatable bonds is 3. The highest BCUT2D eigenvalue weighted by molar-refractivity contribution is 5.88. The maximum absolute atomic E-state index is 12.1. The van der Waals surface area contributed by atoms with Crippen molar-refractivity contribution >= 4 is 5.97 Å². The van der Waals surface area contributed by atoms with E-state index < -0.39 is 18.7 Å². The maximum Gasteiger partial charge on any atom is 0.448 e. The summed E-state index contributed by atoms with van der Waals surface area (Å²) in [5, 5.41) is 0. The van der Waals surface area contributed by atoms with Gasteiger partial charge in [0, 0.05) is 6.07 Å². The molecule has 0 unspecified atom stereocenters. The van der Waals surface area contributed by atoms with Crippen LogP contribution < -0.4 is 4.57 Å². The van der Waals surface area contributed by atoms with Crippen molar-refractivity contribution in [3.63, 3.8) is 0 Å². The standard InChI is InChI=1S/C10H11F3NO2/c1-2-16-9(15)8-4-3-5-14(6-8)7-10(11,12)13/h3-6H,2,7H2,1H3/q+1. The zero-order valence-electron chi connectivity index (χ0n) is 8.62. The average molecular weight is 234 g/mol. The van der Waals surface area contributed by atoms with E-state index in [0.29, 0.717) is 0 Å². The summed E-state index contributed by atoms with van der Waals surface area (Å²) in [4.78, 5) is 11.2. The van der Waals surface area contributed by atoms with Crippen LogP contribution in [0.5, 0.6) is 0 Å². The summed E-state index contributed by atoms with van der Waals surface area (Å²) in [5.41, 5.74) is 0.105. The summed E-state index contributed by atoms with van der Waals surface area (Å²) in [6.07, 6.45) is -1.94. The van der Waals surface area contributed by atoms with Crippen LogP contribution in [0.15, 0.2) is 24.5 Å². The van der Waals surface area contributed by atoms with Crippen LogP contribution in [0.3, 0.4) is 0 Å². The zero-order chi connectivity index (χ0) is 12.2. The average Bonchev–Trinajstić information content (AvgIpc) is 2.16. The second kappa shape index (κ2) is 4.96. The highest BCUT2D eigenvalue weighted by atomic mass is 19.4. The molecule has 0 spiro atoms. The van der Waals surface area contributed by atoms with Gasteiger partial charge in [-0.2, -0.15) is 17.7 Å². The lowest BCUT2D eigenvalue weighted by Gasteiger charge is -2.03. The molecule has 16 heavy (non-hydrogen) atoms. The normalized spacial score (nSPS) is 11.2. The second-order valence-electron chi connectivity index (χ2n) is 3.10. The monoisotopic (exact) mass is 234 g/mol. The van der Waals surface area contributed by atoms with Gasteiger partial charge in [-0.1, -0.05) is 0 Å². The molecule has 0 aliphatic rings. The molecule has 0 aliphatic carbocycles. The molecule has 0 aliphatic heterocycles. The van der Waals surface area contributed by atoms with E-state index in [1.807, 2.05) is 0 Å². The number of hydrogen-bond acceptors (Lipinski definition) is 2. The third-order valence-corrected chi connectivity index (χ3v) is 1.73. The summed E-state index contributed by atoms with van der Waals surface area (Å²) in [6.45, 7) is 0.692. The molecule has 0 fully saturated rings. The highest BCUT2D eigenvalue weighted by Crippen LogP contribution is 2.14. The molecule has 0 N–H and O–H groups in total. The van der Waals surface area contributed by atoms with Crippen molar-refractivity contribution in [2.75, 3.05) is 6.61 Å². The Labute approximate surface area is 90.5 Å². The van der Waals surface area contributed by atoms with E-state index in [4.69, 9.17) is 0 Å². The number of halogens is 3. The second-order valence-corrected chi connectivity index (χ2v) is 3.10. The fourth-order valence-corrected chi connectivity index (χ4v) is 1.16. The Morgan fingerprint density at radius 2 is 2.19 bits per heavy atom. The first-order valence-corrected chi connectivity index (χ1v) is 4.65. The summed E-state index contributed by atoms with van der Waals surface area (Å²) in [7, 11) is 0. The first-order chi connectivity index (χ1) is 7.42. The van der Waals surface area contributed by atoms with E-state index >= 15 is 0 Å². The Hall–Kier alpha value is -1.59. The molecule has 6 heteroatoms. The van der Waals surface area contributed by atoms with E-state index in [0.717, 1.165) is 10.8 Å². The third-order valence-electron chi connectivity index (χ3n) is 1.73. The molecule has 3 nitrogen and oxygen atoms in total. The number of esters is 1. The molecule has 88 valence electrons. The Balaban J connectivity index is 2.83. The first kappa shape index (κ1) is 12.5. The minimum atomic E-state index is -4.31. The highest BCUT2D eigenvalue weighted by Gasteiger charge is 2.33. The Bertz CT molecular complexity index is 377. The van der Waals surface area contributed by atoms with Crippen molar-refractivity contribution in [2.45, 2.75) is 19.6 Å². The Kier molecular flexibility index (Phi) is 3.87. The van der Waals surface area contributed by atoms with Gasteiger partial charge in [0.1, 0.15) is 5.56 Å². The predicted molar refractivity (Wildman–Crippen MR) is 48.6 cm³/mol. The molecule has 0 bridgehead atoms. The molecule has 1 heterocycles. The van der Waals surface area contributed by atoms with Crippen LogP contribution in [-0.2, 0) is 11.3 Å². The summed E-state index contributed by atoms with van der Waals surface area (Å²) in [5.74, 6) is -0.626. The van der Waals surface area contributed by atoms with Crippen LogP contribution in [0.25, 0.3) is 0 Å². The van der Waals surface area contributed by atoms with E-state index in [9.17, 15) is 18.0 Å².